The molecule has 0 amide bonds. The number of ether oxygens (including phenoxy) is 3. The van der Waals surface area contributed by atoms with Crippen LogP contribution in [0.15, 0.2) is 23.8 Å². The number of carbonyl (C=O) groups is 2. The van der Waals surface area contributed by atoms with Gasteiger partial charge in [0.05, 0.1) is 34.6 Å². The molecule has 184 valence electrons. The summed E-state index contributed by atoms with van der Waals surface area (Å²) in [6, 6.07) is 0. The summed E-state index contributed by atoms with van der Waals surface area (Å²) in [4.78, 5) is 25.7. The summed E-state index contributed by atoms with van der Waals surface area (Å²) in [6.45, 7) is 7.58. The number of carbonyl (C=O) groups excluding carboxylic acids is 2. The zero-order valence-corrected chi connectivity index (χ0v) is 20.2. The molecule has 0 aromatic carbocycles. The van der Waals surface area contributed by atoms with E-state index in [2.05, 4.69) is 6.08 Å². The summed E-state index contributed by atoms with van der Waals surface area (Å²) in [5, 5.41) is 24.2. The van der Waals surface area contributed by atoms with E-state index in [-0.39, 0.29) is 53.4 Å². The lowest BCUT2D eigenvalue weighted by Gasteiger charge is -2.64. The molecule has 0 aromatic rings. The van der Waals surface area contributed by atoms with Gasteiger partial charge in [-0.2, -0.15) is 0 Å². The quantitative estimate of drug-likeness (QED) is 0.448. The lowest BCUT2D eigenvalue weighted by molar-refractivity contribution is -0.386. The minimum atomic E-state index is -1.32. The highest BCUT2D eigenvalue weighted by Gasteiger charge is 2.83. The molecule has 3 aliphatic heterocycles. The van der Waals surface area contributed by atoms with E-state index in [9.17, 15) is 19.8 Å². The highest BCUT2D eigenvalue weighted by atomic mass is 16.7. The molecule has 2 N–H and O–H groups in total. The molecular formula is C27H34O7. The molecule has 2 saturated carbocycles. The van der Waals surface area contributed by atoms with E-state index in [4.69, 9.17) is 14.2 Å². The minimum Gasteiger partial charge on any atom is -0.459 e. The maximum Gasteiger partial charge on any atom is 0.309 e. The van der Waals surface area contributed by atoms with Crippen molar-refractivity contribution in [3.63, 3.8) is 0 Å². The molecule has 7 aliphatic rings. The second-order valence-electron chi connectivity index (χ2n) is 12.5. The molecule has 7 heteroatoms. The van der Waals surface area contributed by atoms with Gasteiger partial charge in [-0.05, 0) is 44.6 Å². The topological polar surface area (TPSA) is 102 Å². The molecule has 3 saturated heterocycles. The maximum absolute atomic E-state index is 13.3. The van der Waals surface area contributed by atoms with Crippen LogP contribution < -0.4 is 0 Å². The molecule has 0 spiro atoms. The molecule has 34 heavy (non-hydrogen) atoms. The number of cyclic esters (lactones) is 1. The van der Waals surface area contributed by atoms with Gasteiger partial charge < -0.3 is 24.4 Å². The first-order valence-corrected chi connectivity index (χ1v) is 12.9. The first-order valence-electron chi connectivity index (χ1n) is 12.9. The van der Waals surface area contributed by atoms with Crippen molar-refractivity contribution in [1.29, 1.82) is 0 Å². The lowest BCUT2D eigenvalue weighted by Crippen LogP contribution is -2.73. The van der Waals surface area contributed by atoms with E-state index >= 15 is 0 Å². The first kappa shape index (κ1) is 21.7. The molecule has 3 heterocycles. The van der Waals surface area contributed by atoms with Gasteiger partial charge in [0.15, 0.2) is 11.6 Å². The smallest absolute Gasteiger partial charge is 0.309 e. The largest absolute Gasteiger partial charge is 0.459 e. The van der Waals surface area contributed by atoms with Crippen molar-refractivity contribution >= 4 is 11.8 Å². The van der Waals surface area contributed by atoms with Crippen molar-refractivity contribution in [2.45, 2.75) is 88.7 Å². The Bertz CT molecular complexity index is 1060. The molecule has 7 nitrogen and oxygen atoms in total. The van der Waals surface area contributed by atoms with Crippen molar-refractivity contribution in [2.75, 3.05) is 0 Å². The number of hydrogen-bond acceptors (Lipinski definition) is 7. The van der Waals surface area contributed by atoms with E-state index in [0.29, 0.717) is 12.8 Å². The predicted octanol–water partition coefficient (Wildman–Crippen LogP) is 2.30. The van der Waals surface area contributed by atoms with Crippen molar-refractivity contribution in [3.05, 3.63) is 23.8 Å². The van der Waals surface area contributed by atoms with Crippen molar-refractivity contribution in [1.82, 2.24) is 0 Å². The fourth-order valence-electron chi connectivity index (χ4n) is 9.32. The molecule has 0 aromatic heterocycles. The van der Waals surface area contributed by atoms with Crippen LogP contribution in [0.5, 0.6) is 0 Å². The van der Waals surface area contributed by atoms with E-state index < -0.39 is 34.6 Å². The van der Waals surface area contributed by atoms with Gasteiger partial charge in [0.2, 0.25) is 0 Å². The number of aliphatic hydroxyl groups is 2. The first-order chi connectivity index (χ1) is 15.9. The van der Waals surface area contributed by atoms with Crippen molar-refractivity contribution in [2.24, 2.45) is 40.9 Å². The summed E-state index contributed by atoms with van der Waals surface area (Å²) in [6.07, 6.45) is 6.50. The van der Waals surface area contributed by atoms with Crippen LogP contribution in [0.1, 0.15) is 53.4 Å². The van der Waals surface area contributed by atoms with Crippen LogP contribution in [0.25, 0.3) is 0 Å². The van der Waals surface area contributed by atoms with Gasteiger partial charge in [0.1, 0.15) is 12.2 Å². The van der Waals surface area contributed by atoms with Gasteiger partial charge in [-0.3, -0.25) is 9.59 Å². The second-order valence-corrected chi connectivity index (χ2v) is 12.5. The summed E-state index contributed by atoms with van der Waals surface area (Å²) in [5.74, 6) is -2.60. The summed E-state index contributed by atoms with van der Waals surface area (Å²) in [7, 11) is 0. The number of ketones is 1. The van der Waals surface area contributed by atoms with Crippen LogP contribution in [-0.2, 0) is 23.8 Å². The molecular weight excluding hydrogens is 436 g/mol. The van der Waals surface area contributed by atoms with E-state index in [1.54, 1.807) is 13.0 Å². The molecule has 4 bridgehead atoms. The van der Waals surface area contributed by atoms with Crippen LogP contribution in [-0.4, -0.2) is 57.3 Å². The van der Waals surface area contributed by atoms with Gasteiger partial charge in [-0.25, -0.2) is 0 Å². The molecule has 4 unspecified atom stereocenters. The SMILES string of the molecule is C[C@@H]1[C@H](C)C(=O)O[C@@H]1C1OC23C[C@H]4[C@@H](CC=C5CC=CC(=O)[C@@]54C)[C@@]4(O)CC(O2)C([C@H]34)[C@@]1(C)O. The Morgan fingerprint density at radius 2 is 1.82 bits per heavy atom. The highest BCUT2D eigenvalue weighted by molar-refractivity contribution is 5.98. The van der Waals surface area contributed by atoms with Crippen LogP contribution in [0, 0.1) is 40.9 Å². The number of allylic oxidation sites excluding steroid dienone is 4. The average molecular weight is 471 g/mol. The van der Waals surface area contributed by atoms with E-state index in [1.807, 2.05) is 26.8 Å². The third kappa shape index (κ3) is 2.21. The highest BCUT2D eigenvalue weighted by Crippen LogP contribution is 2.73. The fraction of sp³-hybridized carbons (Fsp3) is 0.778. The number of fused-ring (bicyclic) bond motifs is 4. The van der Waals surface area contributed by atoms with Crippen LogP contribution in [0.4, 0.5) is 0 Å². The van der Waals surface area contributed by atoms with Gasteiger partial charge in [0.25, 0.3) is 0 Å². The normalized spacial score (nSPS) is 61.1. The zero-order chi connectivity index (χ0) is 24.0. The molecule has 0 radical (unpaired) electrons. The van der Waals surface area contributed by atoms with Crippen LogP contribution in [0.3, 0.4) is 0 Å². The van der Waals surface area contributed by atoms with Gasteiger partial charge in [-0.15, -0.1) is 0 Å². The fourth-order valence-corrected chi connectivity index (χ4v) is 9.32. The zero-order valence-electron chi connectivity index (χ0n) is 20.2. The molecule has 7 rings (SSSR count). The molecule has 4 aliphatic carbocycles. The minimum absolute atomic E-state index is 0.0788. The maximum atomic E-state index is 13.3. The summed E-state index contributed by atoms with van der Waals surface area (Å²) in [5.41, 5.74) is -1.97. The number of rotatable bonds is 1. The Labute approximate surface area is 199 Å². The lowest BCUT2D eigenvalue weighted by atomic mass is 9.47. The third-order valence-electron chi connectivity index (χ3n) is 11.2. The van der Waals surface area contributed by atoms with Gasteiger partial charge in [-0.1, -0.05) is 31.6 Å². The monoisotopic (exact) mass is 470 g/mol. The van der Waals surface area contributed by atoms with E-state index in [0.717, 1.165) is 18.4 Å². The number of esters is 1. The van der Waals surface area contributed by atoms with Crippen LogP contribution in [0.2, 0.25) is 0 Å². The average Bonchev–Trinajstić information content (AvgIpc) is 3.33. The summed E-state index contributed by atoms with van der Waals surface area (Å²) < 4.78 is 19.1. The standard InChI is InChI=1S/C27H34O7/c1-12-13(2)23(29)32-20(12)22-25(4,30)19-17-11-26(31)15-9-8-14-6-5-7-18(28)24(14,3)16(15)10-27(33-17,34-22)21(19)26/h5,7-8,12-13,15-17,19-22,30-31H,6,9-11H2,1-4H3/t12-,13+,15-,16+,17?,19?,20+,21+,22?,24+,25-,26+,27?/m1/s1. The molecule has 5 fully saturated rings. The predicted molar refractivity (Wildman–Crippen MR) is 119 cm³/mol. The molecule has 13 atom stereocenters. The van der Waals surface area contributed by atoms with Crippen molar-refractivity contribution < 1.29 is 34.0 Å². The Morgan fingerprint density at radius 3 is 2.53 bits per heavy atom. The van der Waals surface area contributed by atoms with Gasteiger partial charge in [0, 0.05) is 24.7 Å². The van der Waals surface area contributed by atoms with Gasteiger partial charge >= 0.3 is 5.97 Å². The van der Waals surface area contributed by atoms with Crippen LogP contribution >= 0.6 is 0 Å². The van der Waals surface area contributed by atoms with E-state index in [1.165, 1.54) is 0 Å². The third-order valence-corrected chi connectivity index (χ3v) is 11.2. The second kappa shape index (κ2) is 6.23. The Morgan fingerprint density at radius 1 is 1.06 bits per heavy atom. The Balaban J connectivity index is 1.34. The Hall–Kier alpha value is -1.54. The number of hydrogen-bond donors (Lipinski definition) is 2. The van der Waals surface area contributed by atoms with Crippen molar-refractivity contribution in [3.8, 4) is 0 Å². The summed E-state index contributed by atoms with van der Waals surface area (Å²) >= 11 is 0. The Kier molecular flexibility index (Phi) is 3.98.